The number of aliphatic hydroxyl groups is 1. The van der Waals surface area contributed by atoms with Crippen molar-refractivity contribution < 1.29 is 5.11 Å². The van der Waals surface area contributed by atoms with Crippen molar-refractivity contribution in [1.29, 1.82) is 5.26 Å². The van der Waals surface area contributed by atoms with E-state index in [-0.39, 0.29) is 0 Å². The molecule has 1 aromatic heterocycles. The molecule has 1 N–H and O–H groups in total. The maximum atomic E-state index is 10.1. The van der Waals surface area contributed by atoms with Crippen LogP contribution in [0, 0.1) is 11.3 Å². The number of hydrogen-bond donors (Lipinski definition) is 1. The molecule has 1 aliphatic heterocycles. The van der Waals surface area contributed by atoms with Gasteiger partial charge in [0.05, 0.1) is 11.3 Å². The second-order valence-electron chi connectivity index (χ2n) is 4.31. The van der Waals surface area contributed by atoms with Gasteiger partial charge in [-0.05, 0) is 18.6 Å². The van der Waals surface area contributed by atoms with E-state index < -0.39 is 5.60 Å². The van der Waals surface area contributed by atoms with Gasteiger partial charge in [0.25, 0.3) is 0 Å². The first-order valence-corrected chi connectivity index (χ1v) is 5.51. The molecule has 0 saturated carbocycles. The summed E-state index contributed by atoms with van der Waals surface area (Å²) in [6.07, 6.45) is 3.40. The topological polar surface area (TPSA) is 60.1 Å². The van der Waals surface area contributed by atoms with Crippen LogP contribution in [0.1, 0.15) is 25.5 Å². The number of rotatable bonds is 3. The highest BCUT2D eigenvalue weighted by Crippen LogP contribution is 2.31. The van der Waals surface area contributed by atoms with E-state index >= 15 is 0 Å². The van der Waals surface area contributed by atoms with E-state index in [1.165, 1.54) is 0 Å². The average molecular weight is 217 g/mol. The van der Waals surface area contributed by atoms with Gasteiger partial charge in [0, 0.05) is 19.3 Å². The Labute approximate surface area is 95.1 Å². The predicted molar refractivity (Wildman–Crippen MR) is 61.0 cm³/mol. The molecule has 0 radical (unpaired) electrons. The number of nitrogens with zero attached hydrogens (tertiary/aromatic N) is 3. The van der Waals surface area contributed by atoms with Crippen LogP contribution in [0.4, 0.5) is 5.69 Å². The molecule has 2 heterocycles. The van der Waals surface area contributed by atoms with E-state index in [4.69, 9.17) is 5.26 Å². The lowest BCUT2D eigenvalue weighted by atomic mass is 9.88. The summed E-state index contributed by atoms with van der Waals surface area (Å²) in [4.78, 5) is 6.01. The lowest BCUT2D eigenvalue weighted by Gasteiger charge is -2.48. The Morgan fingerprint density at radius 1 is 1.62 bits per heavy atom. The molecule has 0 amide bonds. The van der Waals surface area contributed by atoms with E-state index in [0.29, 0.717) is 18.8 Å². The zero-order valence-electron chi connectivity index (χ0n) is 9.35. The van der Waals surface area contributed by atoms with Gasteiger partial charge < -0.3 is 10.0 Å². The summed E-state index contributed by atoms with van der Waals surface area (Å²) < 4.78 is 0. The molecule has 1 saturated heterocycles. The van der Waals surface area contributed by atoms with E-state index in [1.807, 2.05) is 17.0 Å². The summed E-state index contributed by atoms with van der Waals surface area (Å²) in [7, 11) is 0. The fourth-order valence-corrected chi connectivity index (χ4v) is 2.20. The standard InChI is InChI=1S/C12H15N3O/c1-2-5-12(16)8-15(9-12)11-4-3-6-14-10(11)7-13/h3-4,6,16H,2,5,8-9H2,1H3. The zero-order valence-corrected chi connectivity index (χ0v) is 9.35. The SMILES string of the molecule is CCCC1(O)CN(c2cccnc2C#N)C1. The van der Waals surface area contributed by atoms with Gasteiger partial charge in [-0.3, -0.25) is 0 Å². The van der Waals surface area contributed by atoms with Crippen molar-refractivity contribution in [1.82, 2.24) is 4.98 Å². The molecule has 1 aliphatic rings. The molecule has 84 valence electrons. The number of aromatic nitrogens is 1. The number of β-amino-alcohol motifs (C(OH)–C–C–N with tert-alkyl or cyclic N) is 1. The van der Waals surface area contributed by atoms with Crippen LogP contribution in [0.2, 0.25) is 0 Å². The summed E-state index contributed by atoms with van der Waals surface area (Å²) in [5.74, 6) is 0. The zero-order chi connectivity index (χ0) is 11.6. The minimum Gasteiger partial charge on any atom is -0.386 e. The van der Waals surface area contributed by atoms with Gasteiger partial charge in [-0.1, -0.05) is 13.3 Å². The van der Waals surface area contributed by atoms with Crippen molar-refractivity contribution in [2.24, 2.45) is 0 Å². The molecule has 2 rings (SSSR count). The Morgan fingerprint density at radius 2 is 2.38 bits per heavy atom. The molecule has 0 spiro atoms. The van der Waals surface area contributed by atoms with Crippen LogP contribution in [-0.2, 0) is 0 Å². The van der Waals surface area contributed by atoms with Crippen molar-refractivity contribution in [3.63, 3.8) is 0 Å². The second kappa shape index (κ2) is 4.11. The van der Waals surface area contributed by atoms with Gasteiger partial charge in [-0.25, -0.2) is 4.98 Å². The average Bonchev–Trinajstić information content (AvgIpc) is 2.26. The highest BCUT2D eigenvalue weighted by molar-refractivity contribution is 5.58. The Hall–Kier alpha value is -1.60. The molecular formula is C12H15N3O. The van der Waals surface area contributed by atoms with Gasteiger partial charge >= 0.3 is 0 Å². The summed E-state index contributed by atoms with van der Waals surface area (Å²) in [6.45, 7) is 3.26. The molecule has 0 unspecified atom stereocenters. The number of pyridine rings is 1. The number of nitriles is 1. The summed E-state index contributed by atoms with van der Waals surface area (Å²) in [5, 5.41) is 19.0. The molecule has 0 aromatic carbocycles. The van der Waals surface area contributed by atoms with Crippen molar-refractivity contribution in [2.45, 2.75) is 25.4 Å². The Kier molecular flexibility index (Phi) is 2.80. The van der Waals surface area contributed by atoms with Crippen LogP contribution in [-0.4, -0.2) is 28.8 Å². The van der Waals surface area contributed by atoms with E-state index in [0.717, 1.165) is 18.5 Å². The van der Waals surface area contributed by atoms with Crippen molar-refractivity contribution in [3.8, 4) is 6.07 Å². The normalized spacial score (nSPS) is 17.7. The van der Waals surface area contributed by atoms with E-state index in [2.05, 4.69) is 18.0 Å². The third-order valence-corrected chi connectivity index (χ3v) is 2.92. The monoisotopic (exact) mass is 217 g/mol. The third-order valence-electron chi connectivity index (χ3n) is 2.92. The summed E-state index contributed by atoms with van der Waals surface area (Å²) in [5.41, 5.74) is 0.684. The molecule has 4 nitrogen and oxygen atoms in total. The van der Waals surface area contributed by atoms with Crippen LogP contribution in [0.3, 0.4) is 0 Å². The van der Waals surface area contributed by atoms with Gasteiger partial charge in [0.15, 0.2) is 5.69 Å². The lowest BCUT2D eigenvalue weighted by molar-refractivity contribution is 0.00334. The summed E-state index contributed by atoms with van der Waals surface area (Å²) >= 11 is 0. The van der Waals surface area contributed by atoms with Crippen LogP contribution < -0.4 is 4.90 Å². The van der Waals surface area contributed by atoms with Crippen LogP contribution in [0.15, 0.2) is 18.3 Å². The maximum absolute atomic E-state index is 10.1. The largest absolute Gasteiger partial charge is 0.386 e. The highest BCUT2D eigenvalue weighted by Gasteiger charge is 2.41. The Bertz CT molecular complexity index is 419. The first kappa shape index (κ1) is 10.9. The third kappa shape index (κ3) is 1.86. The fourth-order valence-electron chi connectivity index (χ4n) is 2.20. The second-order valence-corrected chi connectivity index (χ2v) is 4.31. The van der Waals surface area contributed by atoms with Gasteiger partial charge in [-0.2, -0.15) is 5.26 Å². The first-order chi connectivity index (χ1) is 7.68. The quantitative estimate of drug-likeness (QED) is 0.829. The van der Waals surface area contributed by atoms with Crippen LogP contribution >= 0.6 is 0 Å². The maximum Gasteiger partial charge on any atom is 0.163 e. The van der Waals surface area contributed by atoms with Gasteiger partial charge in [-0.15, -0.1) is 0 Å². The number of hydrogen-bond acceptors (Lipinski definition) is 4. The van der Waals surface area contributed by atoms with E-state index in [9.17, 15) is 5.11 Å². The van der Waals surface area contributed by atoms with E-state index in [1.54, 1.807) is 6.20 Å². The lowest BCUT2D eigenvalue weighted by Crippen LogP contribution is -2.62. The molecule has 0 bridgehead atoms. The van der Waals surface area contributed by atoms with Crippen LogP contribution in [0.25, 0.3) is 0 Å². The minimum atomic E-state index is -0.572. The van der Waals surface area contributed by atoms with Gasteiger partial charge in [0.2, 0.25) is 0 Å². The first-order valence-electron chi connectivity index (χ1n) is 5.51. The molecule has 1 aromatic rings. The van der Waals surface area contributed by atoms with Crippen LogP contribution in [0.5, 0.6) is 0 Å². The molecule has 16 heavy (non-hydrogen) atoms. The molecule has 0 atom stereocenters. The molecule has 0 aliphatic carbocycles. The Morgan fingerprint density at radius 3 is 3.00 bits per heavy atom. The predicted octanol–water partition coefficient (Wildman–Crippen LogP) is 1.30. The minimum absolute atomic E-state index is 0.432. The molecule has 1 fully saturated rings. The number of anilines is 1. The highest BCUT2D eigenvalue weighted by atomic mass is 16.3. The molecule has 4 heteroatoms. The fraction of sp³-hybridized carbons (Fsp3) is 0.500. The van der Waals surface area contributed by atoms with Crippen molar-refractivity contribution in [2.75, 3.05) is 18.0 Å². The summed E-state index contributed by atoms with van der Waals surface area (Å²) in [6, 6.07) is 5.75. The molecular weight excluding hydrogens is 202 g/mol. The smallest absolute Gasteiger partial charge is 0.163 e. The van der Waals surface area contributed by atoms with Crippen molar-refractivity contribution in [3.05, 3.63) is 24.0 Å². The van der Waals surface area contributed by atoms with Crippen molar-refractivity contribution >= 4 is 5.69 Å². The van der Waals surface area contributed by atoms with Gasteiger partial charge in [0.1, 0.15) is 6.07 Å². The Balaban J connectivity index is 2.10.